The fraction of sp³-hybridized carbons (Fsp3) is 0.533. The van der Waals surface area contributed by atoms with Gasteiger partial charge >= 0.3 is 0 Å². The minimum atomic E-state index is -0.362. The topological polar surface area (TPSA) is 101 Å². The summed E-state index contributed by atoms with van der Waals surface area (Å²) in [6.45, 7) is 3.51. The molecule has 1 aliphatic rings. The van der Waals surface area contributed by atoms with Crippen molar-refractivity contribution in [1.82, 2.24) is 20.2 Å². The molecule has 0 aliphatic heterocycles. The summed E-state index contributed by atoms with van der Waals surface area (Å²) in [6, 6.07) is 0. The molecule has 0 unspecified atom stereocenters. The van der Waals surface area contributed by atoms with Crippen molar-refractivity contribution >= 4 is 34.1 Å². The van der Waals surface area contributed by atoms with Crippen LogP contribution < -0.4 is 10.9 Å². The number of aryl methyl sites for hydroxylation is 3. The summed E-state index contributed by atoms with van der Waals surface area (Å²) in [6.07, 6.45) is 5.01. The van der Waals surface area contributed by atoms with E-state index in [0.29, 0.717) is 22.4 Å². The number of H-pyrrole nitrogens is 1. The molecule has 3 rings (SSSR count). The Morgan fingerprint density at radius 3 is 2.88 bits per heavy atom. The Morgan fingerprint density at radius 1 is 1.38 bits per heavy atom. The molecule has 2 N–H and O–H groups in total. The summed E-state index contributed by atoms with van der Waals surface area (Å²) in [4.78, 5) is 32.6. The van der Waals surface area contributed by atoms with E-state index < -0.39 is 0 Å². The smallest absolute Gasteiger partial charge is 0.273 e. The fourth-order valence-corrected chi connectivity index (χ4v) is 4.37. The molecule has 128 valence electrons. The summed E-state index contributed by atoms with van der Waals surface area (Å²) in [7, 11) is 0. The molecule has 2 heterocycles. The van der Waals surface area contributed by atoms with Crippen molar-refractivity contribution in [3.05, 3.63) is 26.6 Å². The van der Waals surface area contributed by atoms with Crippen molar-refractivity contribution < 1.29 is 4.79 Å². The van der Waals surface area contributed by atoms with Gasteiger partial charge in [-0.2, -0.15) is 0 Å². The number of rotatable bonds is 5. The average molecular weight is 365 g/mol. The Kier molecular flexibility index (Phi) is 5.30. The maximum absolute atomic E-state index is 12.5. The van der Waals surface area contributed by atoms with Crippen molar-refractivity contribution in [3.8, 4) is 0 Å². The van der Waals surface area contributed by atoms with Gasteiger partial charge in [-0.25, -0.2) is 4.98 Å². The first-order valence-corrected chi connectivity index (χ1v) is 9.66. The normalized spacial score (nSPS) is 14.9. The average Bonchev–Trinajstić information content (AvgIpc) is 2.97. The number of aromatic amines is 1. The third-order valence-corrected chi connectivity index (χ3v) is 6.14. The quantitative estimate of drug-likeness (QED) is 0.789. The Balaban J connectivity index is 1.68. The summed E-state index contributed by atoms with van der Waals surface area (Å²) in [5.74, 6) is -0.128. The van der Waals surface area contributed by atoms with Crippen LogP contribution in [-0.2, 0) is 17.6 Å². The standard InChI is InChI=1S/C15H19N5O2S2/c1-3-10(23-15-17-12(21)8(2)19-20-15)13(22)18-14-16-9-6-4-5-7-11(9)24-14/h10H,3-7H2,1-2H3,(H,16,18,22)(H,17,20,21)/t10-/m0/s1. The summed E-state index contributed by atoms with van der Waals surface area (Å²) in [5, 5.41) is 11.3. The Bertz CT molecular complexity index is 778. The van der Waals surface area contributed by atoms with Gasteiger partial charge in [0.25, 0.3) is 5.56 Å². The van der Waals surface area contributed by atoms with E-state index in [2.05, 4.69) is 25.5 Å². The van der Waals surface area contributed by atoms with Crippen LogP contribution in [-0.4, -0.2) is 31.3 Å². The molecule has 9 heteroatoms. The molecule has 1 amide bonds. The molecule has 0 saturated carbocycles. The number of hydrogen-bond donors (Lipinski definition) is 2. The minimum Gasteiger partial charge on any atom is -0.301 e. The van der Waals surface area contributed by atoms with Gasteiger partial charge in [0, 0.05) is 4.88 Å². The van der Waals surface area contributed by atoms with Crippen LogP contribution >= 0.6 is 23.1 Å². The molecular formula is C15H19N5O2S2. The first-order chi connectivity index (χ1) is 11.6. The SMILES string of the molecule is CC[C@H](Sc1nnc(C)c(=O)[nH]1)C(=O)Nc1nc2c(s1)CCCC2. The Hall–Kier alpha value is -1.74. The van der Waals surface area contributed by atoms with E-state index in [1.165, 1.54) is 23.1 Å². The van der Waals surface area contributed by atoms with Crippen LogP contribution in [0.5, 0.6) is 0 Å². The van der Waals surface area contributed by atoms with Gasteiger partial charge in [0.15, 0.2) is 10.3 Å². The zero-order valence-corrected chi connectivity index (χ0v) is 15.2. The molecule has 24 heavy (non-hydrogen) atoms. The fourth-order valence-electron chi connectivity index (χ4n) is 2.48. The highest BCUT2D eigenvalue weighted by atomic mass is 32.2. The highest BCUT2D eigenvalue weighted by Gasteiger charge is 2.22. The molecule has 1 atom stereocenters. The van der Waals surface area contributed by atoms with Gasteiger partial charge in [0.05, 0.1) is 10.9 Å². The van der Waals surface area contributed by atoms with E-state index in [1.807, 2.05) is 6.92 Å². The molecule has 7 nitrogen and oxygen atoms in total. The number of carbonyl (C=O) groups excluding carboxylic acids is 1. The number of amides is 1. The predicted molar refractivity (Wildman–Crippen MR) is 94.7 cm³/mol. The van der Waals surface area contributed by atoms with Crippen LogP contribution in [0.2, 0.25) is 0 Å². The number of anilines is 1. The highest BCUT2D eigenvalue weighted by molar-refractivity contribution is 8.00. The lowest BCUT2D eigenvalue weighted by molar-refractivity contribution is -0.115. The van der Waals surface area contributed by atoms with Crippen LogP contribution in [0.1, 0.15) is 42.5 Å². The predicted octanol–water partition coefficient (Wildman–Crippen LogP) is 2.32. The van der Waals surface area contributed by atoms with Crippen LogP contribution in [0.3, 0.4) is 0 Å². The molecule has 1 aliphatic carbocycles. The van der Waals surface area contributed by atoms with Gasteiger partial charge in [0.1, 0.15) is 5.69 Å². The molecule has 0 bridgehead atoms. The number of thiazole rings is 1. The molecule has 0 aromatic carbocycles. The van der Waals surface area contributed by atoms with E-state index in [0.717, 1.165) is 25.0 Å². The van der Waals surface area contributed by atoms with Crippen molar-refractivity contribution in [2.45, 2.75) is 56.4 Å². The van der Waals surface area contributed by atoms with Crippen LogP contribution in [0.15, 0.2) is 9.95 Å². The van der Waals surface area contributed by atoms with Gasteiger partial charge < -0.3 is 5.32 Å². The minimum absolute atomic E-state index is 0.128. The lowest BCUT2D eigenvalue weighted by Crippen LogP contribution is -2.25. The van der Waals surface area contributed by atoms with Crippen molar-refractivity contribution in [1.29, 1.82) is 0 Å². The van der Waals surface area contributed by atoms with Crippen LogP contribution in [0.25, 0.3) is 0 Å². The maximum atomic E-state index is 12.5. The zero-order chi connectivity index (χ0) is 17.1. The van der Waals surface area contributed by atoms with Gasteiger partial charge in [-0.3, -0.25) is 14.6 Å². The molecule has 0 radical (unpaired) electrons. The first kappa shape index (κ1) is 17.1. The maximum Gasteiger partial charge on any atom is 0.273 e. The Morgan fingerprint density at radius 2 is 2.17 bits per heavy atom. The molecule has 0 fully saturated rings. The van der Waals surface area contributed by atoms with Gasteiger partial charge in [0.2, 0.25) is 5.91 Å². The second-order valence-corrected chi connectivity index (χ2v) is 7.92. The monoisotopic (exact) mass is 365 g/mol. The number of aromatic nitrogens is 4. The van der Waals surface area contributed by atoms with Crippen molar-refractivity contribution in [2.75, 3.05) is 5.32 Å². The molecule has 0 spiro atoms. The van der Waals surface area contributed by atoms with Crippen LogP contribution in [0.4, 0.5) is 5.13 Å². The van der Waals surface area contributed by atoms with E-state index in [1.54, 1.807) is 18.3 Å². The second-order valence-electron chi connectivity index (χ2n) is 5.64. The number of nitrogens with one attached hydrogen (secondary N) is 2. The van der Waals surface area contributed by atoms with Crippen molar-refractivity contribution in [3.63, 3.8) is 0 Å². The van der Waals surface area contributed by atoms with Gasteiger partial charge in [-0.15, -0.1) is 21.5 Å². The summed E-state index contributed by atoms with van der Waals surface area (Å²) >= 11 is 2.77. The van der Waals surface area contributed by atoms with E-state index in [9.17, 15) is 9.59 Å². The number of hydrogen-bond acceptors (Lipinski definition) is 7. The summed E-state index contributed by atoms with van der Waals surface area (Å²) in [5.41, 5.74) is 1.15. The molecular weight excluding hydrogens is 346 g/mol. The molecule has 2 aromatic heterocycles. The first-order valence-electron chi connectivity index (χ1n) is 7.96. The van der Waals surface area contributed by atoms with E-state index in [4.69, 9.17) is 0 Å². The second kappa shape index (κ2) is 7.43. The van der Waals surface area contributed by atoms with Crippen LogP contribution in [0, 0.1) is 6.92 Å². The lowest BCUT2D eigenvalue weighted by Gasteiger charge is -2.12. The van der Waals surface area contributed by atoms with Gasteiger partial charge in [-0.1, -0.05) is 18.7 Å². The van der Waals surface area contributed by atoms with Crippen molar-refractivity contribution in [2.24, 2.45) is 0 Å². The number of carbonyl (C=O) groups is 1. The van der Waals surface area contributed by atoms with Gasteiger partial charge in [-0.05, 0) is 39.0 Å². The summed E-state index contributed by atoms with van der Waals surface area (Å²) < 4.78 is 0. The number of nitrogens with zero attached hydrogens (tertiary/aromatic N) is 3. The molecule has 2 aromatic rings. The molecule has 0 saturated heterocycles. The largest absolute Gasteiger partial charge is 0.301 e. The highest BCUT2D eigenvalue weighted by Crippen LogP contribution is 2.30. The number of thioether (sulfide) groups is 1. The zero-order valence-electron chi connectivity index (χ0n) is 13.6. The Labute approximate surface area is 147 Å². The lowest BCUT2D eigenvalue weighted by atomic mass is 10.0. The van der Waals surface area contributed by atoms with E-state index in [-0.39, 0.29) is 16.7 Å². The third-order valence-electron chi connectivity index (χ3n) is 3.83. The number of fused-ring (bicyclic) bond motifs is 1. The van der Waals surface area contributed by atoms with E-state index >= 15 is 0 Å². The third kappa shape index (κ3) is 3.84.